The molecule has 0 spiro atoms. The van der Waals surface area contributed by atoms with Crippen molar-refractivity contribution < 1.29 is 15.3 Å². The first-order valence-corrected chi connectivity index (χ1v) is 7.40. The summed E-state index contributed by atoms with van der Waals surface area (Å²) in [4.78, 5) is 0. The largest absolute Gasteiger partial charge is 0.507 e. The van der Waals surface area contributed by atoms with Gasteiger partial charge >= 0.3 is 0 Å². The standard InChI is InChI=1S/C19H24O3/c1-10-7-14(8-11(2)16(10)20)19(5,6)15-9-12(3)17(21)13(4)18(15)22/h7-9,20-22H,1-6H3. The highest BCUT2D eigenvalue weighted by Crippen LogP contribution is 2.43. The Balaban J connectivity index is 2.70. The van der Waals surface area contributed by atoms with Crippen molar-refractivity contribution >= 4 is 0 Å². The van der Waals surface area contributed by atoms with E-state index in [1.54, 1.807) is 6.92 Å². The molecule has 0 aliphatic heterocycles. The predicted octanol–water partition coefficient (Wildman–Crippen LogP) is 4.36. The minimum atomic E-state index is -0.448. The lowest BCUT2D eigenvalue weighted by atomic mass is 9.75. The van der Waals surface area contributed by atoms with Gasteiger partial charge in [-0.25, -0.2) is 0 Å². The molecule has 0 atom stereocenters. The monoisotopic (exact) mass is 300 g/mol. The van der Waals surface area contributed by atoms with Gasteiger partial charge in [-0.05, 0) is 56.0 Å². The van der Waals surface area contributed by atoms with E-state index >= 15 is 0 Å². The summed E-state index contributed by atoms with van der Waals surface area (Å²) in [6.07, 6.45) is 0. The Morgan fingerprint density at radius 1 is 0.682 bits per heavy atom. The quantitative estimate of drug-likeness (QED) is 0.772. The van der Waals surface area contributed by atoms with E-state index in [1.165, 1.54) is 0 Å². The van der Waals surface area contributed by atoms with Crippen LogP contribution in [0, 0.1) is 27.7 Å². The van der Waals surface area contributed by atoms with Crippen LogP contribution in [0.25, 0.3) is 0 Å². The van der Waals surface area contributed by atoms with Crippen LogP contribution in [0.3, 0.4) is 0 Å². The van der Waals surface area contributed by atoms with E-state index in [-0.39, 0.29) is 11.5 Å². The maximum atomic E-state index is 10.5. The van der Waals surface area contributed by atoms with Gasteiger partial charge in [0.05, 0.1) is 0 Å². The van der Waals surface area contributed by atoms with Crippen LogP contribution in [-0.2, 0) is 5.41 Å². The van der Waals surface area contributed by atoms with E-state index in [4.69, 9.17) is 0 Å². The summed E-state index contributed by atoms with van der Waals surface area (Å²) in [6, 6.07) is 5.72. The van der Waals surface area contributed by atoms with E-state index in [1.807, 2.05) is 52.8 Å². The second kappa shape index (κ2) is 5.24. The van der Waals surface area contributed by atoms with Gasteiger partial charge in [0, 0.05) is 16.5 Å². The predicted molar refractivity (Wildman–Crippen MR) is 89.0 cm³/mol. The Hall–Kier alpha value is -2.16. The third-order valence-corrected chi connectivity index (χ3v) is 4.59. The smallest absolute Gasteiger partial charge is 0.126 e. The maximum absolute atomic E-state index is 10.5. The minimum Gasteiger partial charge on any atom is -0.507 e. The Morgan fingerprint density at radius 3 is 1.64 bits per heavy atom. The third kappa shape index (κ3) is 2.41. The van der Waals surface area contributed by atoms with Crippen LogP contribution in [0.2, 0.25) is 0 Å². The molecule has 0 amide bonds. The van der Waals surface area contributed by atoms with Gasteiger partial charge in [0.25, 0.3) is 0 Å². The first kappa shape index (κ1) is 16.2. The second-order valence-electron chi connectivity index (χ2n) is 6.65. The molecule has 118 valence electrons. The van der Waals surface area contributed by atoms with Crippen molar-refractivity contribution in [1.82, 2.24) is 0 Å². The lowest BCUT2D eigenvalue weighted by Gasteiger charge is -2.29. The molecular weight excluding hydrogens is 276 g/mol. The third-order valence-electron chi connectivity index (χ3n) is 4.59. The van der Waals surface area contributed by atoms with Gasteiger partial charge in [-0.15, -0.1) is 0 Å². The summed E-state index contributed by atoms with van der Waals surface area (Å²) in [6.45, 7) is 11.3. The SMILES string of the molecule is Cc1cc(C(C)(C)c2cc(C)c(O)c(C)c2O)cc(C)c1O. The molecule has 0 aliphatic carbocycles. The van der Waals surface area contributed by atoms with Crippen LogP contribution >= 0.6 is 0 Å². The molecule has 2 aromatic rings. The van der Waals surface area contributed by atoms with E-state index in [0.717, 1.165) is 27.8 Å². The molecule has 0 saturated carbocycles. The fourth-order valence-electron chi connectivity index (χ4n) is 2.91. The number of rotatable bonds is 2. The lowest BCUT2D eigenvalue weighted by Crippen LogP contribution is -2.20. The molecule has 0 saturated heterocycles. The fraction of sp³-hybridized carbons (Fsp3) is 0.368. The van der Waals surface area contributed by atoms with Gasteiger partial charge in [0.15, 0.2) is 0 Å². The van der Waals surface area contributed by atoms with Crippen molar-refractivity contribution in [2.24, 2.45) is 0 Å². The van der Waals surface area contributed by atoms with Crippen molar-refractivity contribution in [1.29, 1.82) is 0 Å². The number of hydrogen-bond acceptors (Lipinski definition) is 3. The molecule has 0 bridgehead atoms. The number of aromatic hydroxyl groups is 3. The van der Waals surface area contributed by atoms with Crippen LogP contribution in [-0.4, -0.2) is 15.3 Å². The average molecular weight is 300 g/mol. The molecule has 22 heavy (non-hydrogen) atoms. The van der Waals surface area contributed by atoms with E-state index in [9.17, 15) is 15.3 Å². The molecule has 0 unspecified atom stereocenters. The van der Waals surface area contributed by atoms with Gasteiger partial charge < -0.3 is 15.3 Å². The maximum Gasteiger partial charge on any atom is 0.126 e. The average Bonchev–Trinajstić information content (AvgIpc) is 2.45. The van der Waals surface area contributed by atoms with Gasteiger partial charge in [0.1, 0.15) is 17.2 Å². The Labute approximate surface area is 131 Å². The van der Waals surface area contributed by atoms with Crippen molar-refractivity contribution in [2.45, 2.75) is 47.0 Å². The number of benzene rings is 2. The fourth-order valence-corrected chi connectivity index (χ4v) is 2.91. The number of aryl methyl sites for hydroxylation is 3. The van der Waals surface area contributed by atoms with Crippen molar-refractivity contribution in [2.75, 3.05) is 0 Å². The van der Waals surface area contributed by atoms with Crippen LogP contribution in [0.4, 0.5) is 0 Å². The summed E-state index contributed by atoms with van der Waals surface area (Å²) >= 11 is 0. The molecule has 0 radical (unpaired) electrons. The molecule has 2 rings (SSSR count). The molecule has 3 N–H and O–H groups in total. The van der Waals surface area contributed by atoms with Gasteiger partial charge in [-0.3, -0.25) is 0 Å². The van der Waals surface area contributed by atoms with Gasteiger partial charge in [0.2, 0.25) is 0 Å². The number of phenolic OH excluding ortho intramolecular Hbond substituents is 3. The van der Waals surface area contributed by atoms with Crippen LogP contribution < -0.4 is 0 Å². The second-order valence-corrected chi connectivity index (χ2v) is 6.65. The molecular formula is C19H24O3. The summed E-state index contributed by atoms with van der Waals surface area (Å²) in [5.74, 6) is 0.563. The Bertz CT molecular complexity index is 720. The minimum absolute atomic E-state index is 0.122. The first-order chi connectivity index (χ1) is 10.1. The number of phenols is 3. The van der Waals surface area contributed by atoms with Gasteiger partial charge in [-0.1, -0.05) is 26.0 Å². The summed E-state index contributed by atoms with van der Waals surface area (Å²) in [5.41, 5.74) is 4.20. The highest BCUT2D eigenvalue weighted by atomic mass is 16.3. The summed E-state index contributed by atoms with van der Waals surface area (Å²) in [5, 5.41) is 30.4. The molecule has 2 aromatic carbocycles. The lowest BCUT2D eigenvalue weighted by molar-refractivity contribution is 0.426. The molecule has 0 aliphatic rings. The van der Waals surface area contributed by atoms with E-state index in [2.05, 4.69) is 0 Å². The highest BCUT2D eigenvalue weighted by molar-refractivity contribution is 5.58. The van der Waals surface area contributed by atoms with Crippen LogP contribution in [0.1, 0.15) is 47.2 Å². The normalized spacial score (nSPS) is 11.7. The zero-order chi connectivity index (χ0) is 16.8. The van der Waals surface area contributed by atoms with Crippen LogP contribution in [0.5, 0.6) is 17.2 Å². The van der Waals surface area contributed by atoms with Crippen molar-refractivity contribution in [3.05, 3.63) is 51.6 Å². The molecule has 3 nitrogen and oxygen atoms in total. The summed E-state index contributed by atoms with van der Waals surface area (Å²) < 4.78 is 0. The van der Waals surface area contributed by atoms with Gasteiger partial charge in [-0.2, -0.15) is 0 Å². The molecule has 0 fully saturated rings. The molecule has 0 aromatic heterocycles. The zero-order valence-corrected chi connectivity index (χ0v) is 14.1. The molecule has 0 heterocycles. The number of hydrogen-bond donors (Lipinski definition) is 3. The topological polar surface area (TPSA) is 60.7 Å². The summed E-state index contributed by atoms with van der Waals surface area (Å²) in [7, 11) is 0. The van der Waals surface area contributed by atoms with E-state index < -0.39 is 5.41 Å². The Kier molecular flexibility index (Phi) is 3.86. The zero-order valence-electron chi connectivity index (χ0n) is 14.1. The van der Waals surface area contributed by atoms with E-state index in [0.29, 0.717) is 11.3 Å². The van der Waals surface area contributed by atoms with Crippen molar-refractivity contribution in [3.8, 4) is 17.2 Å². The van der Waals surface area contributed by atoms with Crippen molar-refractivity contribution in [3.63, 3.8) is 0 Å². The van der Waals surface area contributed by atoms with Crippen LogP contribution in [0.15, 0.2) is 18.2 Å². The highest BCUT2D eigenvalue weighted by Gasteiger charge is 2.29. The molecule has 3 heteroatoms. The first-order valence-electron chi connectivity index (χ1n) is 7.40. The Morgan fingerprint density at radius 2 is 1.14 bits per heavy atom.